The third kappa shape index (κ3) is 3.35. The molecule has 2 aromatic carbocycles. The van der Waals surface area contributed by atoms with Gasteiger partial charge >= 0.3 is 0 Å². The van der Waals surface area contributed by atoms with Gasteiger partial charge in [-0.15, -0.1) is 0 Å². The molecule has 0 atom stereocenters. The van der Waals surface area contributed by atoms with E-state index in [0.29, 0.717) is 16.9 Å². The van der Waals surface area contributed by atoms with Gasteiger partial charge in [0, 0.05) is 43.0 Å². The van der Waals surface area contributed by atoms with Gasteiger partial charge in [-0.05, 0) is 55.3 Å². The molecule has 4 aromatic rings. The molecular formula is C25H24N6O. The zero-order valence-corrected chi connectivity index (χ0v) is 18.1. The summed E-state index contributed by atoms with van der Waals surface area (Å²) < 4.78 is 0. The van der Waals surface area contributed by atoms with E-state index in [4.69, 9.17) is 4.98 Å². The van der Waals surface area contributed by atoms with Crippen LogP contribution in [0.15, 0.2) is 42.5 Å². The Morgan fingerprint density at radius 1 is 1.06 bits per heavy atom. The normalized spacial score (nSPS) is 14.0. The summed E-state index contributed by atoms with van der Waals surface area (Å²) in [4.78, 5) is 7.13. The minimum Gasteiger partial charge on any atom is -0.508 e. The van der Waals surface area contributed by atoms with Gasteiger partial charge in [-0.2, -0.15) is 10.4 Å². The maximum atomic E-state index is 10.2. The average molecular weight is 425 g/mol. The van der Waals surface area contributed by atoms with Crippen LogP contribution in [0.5, 0.6) is 5.75 Å². The molecular weight excluding hydrogens is 400 g/mol. The van der Waals surface area contributed by atoms with Gasteiger partial charge in [-0.3, -0.25) is 5.10 Å². The van der Waals surface area contributed by atoms with Crippen molar-refractivity contribution < 1.29 is 5.11 Å². The fraction of sp³-hybridized carbons (Fsp3) is 0.240. The SMILES string of the molecule is Cc1cc(O)ccc1-c1nc2[nH]nc(C)c2c(-c2ccc(N3CCNCC3)cc2)c1C#N. The maximum absolute atomic E-state index is 10.2. The average Bonchev–Trinajstić information content (AvgIpc) is 3.19. The highest BCUT2D eigenvalue weighted by atomic mass is 16.3. The van der Waals surface area contributed by atoms with Crippen LogP contribution in [0, 0.1) is 25.2 Å². The summed E-state index contributed by atoms with van der Waals surface area (Å²) in [7, 11) is 0. The molecule has 1 aliphatic rings. The zero-order chi connectivity index (χ0) is 22.2. The number of hydrogen-bond donors (Lipinski definition) is 3. The van der Waals surface area contributed by atoms with Crippen molar-refractivity contribution in [2.75, 3.05) is 31.1 Å². The Labute approximate surface area is 186 Å². The first-order valence-corrected chi connectivity index (χ1v) is 10.7. The van der Waals surface area contributed by atoms with Gasteiger partial charge in [0.15, 0.2) is 5.65 Å². The molecule has 0 spiro atoms. The standard InChI is InChI=1S/C25H24N6O/c1-15-13-19(32)7-8-20(15)24-21(14-26)23(22-16(2)29-30-25(22)28-24)17-3-5-18(6-4-17)31-11-9-27-10-12-31/h3-8,13,27,32H,9-12H2,1-2H3,(H,28,29,30). The number of benzene rings is 2. The zero-order valence-electron chi connectivity index (χ0n) is 18.1. The molecule has 1 fully saturated rings. The lowest BCUT2D eigenvalue weighted by molar-refractivity contribution is 0.475. The minimum absolute atomic E-state index is 0.187. The smallest absolute Gasteiger partial charge is 0.156 e. The summed E-state index contributed by atoms with van der Waals surface area (Å²) in [6, 6.07) is 15.9. The molecule has 7 heteroatoms. The van der Waals surface area contributed by atoms with E-state index in [9.17, 15) is 10.4 Å². The van der Waals surface area contributed by atoms with Crippen molar-refractivity contribution in [1.82, 2.24) is 20.5 Å². The Morgan fingerprint density at radius 3 is 2.50 bits per heavy atom. The number of aryl methyl sites for hydroxylation is 2. The first-order valence-electron chi connectivity index (χ1n) is 10.7. The number of H-pyrrole nitrogens is 1. The van der Waals surface area contributed by atoms with Crippen LogP contribution in [-0.2, 0) is 0 Å². The quantitative estimate of drug-likeness (QED) is 0.461. The number of nitrogens with one attached hydrogen (secondary N) is 2. The number of aromatic amines is 1. The van der Waals surface area contributed by atoms with Gasteiger partial charge in [0.05, 0.1) is 22.3 Å². The fourth-order valence-corrected chi connectivity index (χ4v) is 4.48. The monoisotopic (exact) mass is 424 g/mol. The van der Waals surface area contributed by atoms with Crippen molar-refractivity contribution in [3.05, 3.63) is 59.3 Å². The number of nitriles is 1. The molecule has 1 aliphatic heterocycles. The van der Waals surface area contributed by atoms with Gasteiger partial charge in [0.1, 0.15) is 11.8 Å². The molecule has 3 N–H and O–H groups in total. The van der Waals surface area contributed by atoms with Crippen LogP contribution in [-0.4, -0.2) is 46.5 Å². The number of phenols is 1. The Balaban J connectivity index is 1.71. The number of anilines is 1. The highest BCUT2D eigenvalue weighted by molar-refractivity contribution is 6.01. The van der Waals surface area contributed by atoms with Gasteiger partial charge in [0.25, 0.3) is 0 Å². The van der Waals surface area contributed by atoms with Crippen LogP contribution in [0.25, 0.3) is 33.4 Å². The Morgan fingerprint density at radius 2 is 1.81 bits per heavy atom. The Kier molecular flexibility index (Phi) is 5.00. The number of hydrogen-bond acceptors (Lipinski definition) is 6. The molecule has 0 unspecified atom stereocenters. The first kappa shape index (κ1) is 20.0. The van der Waals surface area contributed by atoms with E-state index in [-0.39, 0.29) is 5.75 Å². The maximum Gasteiger partial charge on any atom is 0.156 e. The van der Waals surface area contributed by atoms with E-state index in [2.05, 4.69) is 50.7 Å². The molecule has 5 rings (SSSR count). The topological polar surface area (TPSA) is 101 Å². The number of fused-ring (bicyclic) bond motifs is 1. The summed E-state index contributed by atoms with van der Waals surface area (Å²) in [5, 5.41) is 31.7. The summed E-state index contributed by atoms with van der Waals surface area (Å²) in [6.45, 7) is 7.75. The number of pyridine rings is 1. The molecule has 0 bridgehead atoms. The number of rotatable bonds is 3. The molecule has 160 valence electrons. The predicted molar refractivity (Wildman–Crippen MR) is 126 cm³/mol. The molecule has 0 radical (unpaired) electrons. The molecule has 0 aliphatic carbocycles. The predicted octanol–water partition coefficient (Wildman–Crippen LogP) is 3.90. The lowest BCUT2D eigenvalue weighted by Crippen LogP contribution is -2.43. The number of piperazine rings is 1. The van der Waals surface area contributed by atoms with Crippen LogP contribution in [0.2, 0.25) is 0 Å². The largest absolute Gasteiger partial charge is 0.508 e. The van der Waals surface area contributed by atoms with Gasteiger partial charge in [0.2, 0.25) is 0 Å². The Bertz CT molecular complexity index is 1340. The van der Waals surface area contributed by atoms with Crippen LogP contribution < -0.4 is 10.2 Å². The summed E-state index contributed by atoms with van der Waals surface area (Å²) in [5.41, 5.74) is 7.17. The lowest BCUT2D eigenvalue weighted by atomic mass is 9.92. The Hall–Kier alpha value is -3.89. The van der Waals surface area contributed by atoms with E-state index in [0.717, 1.165) is 59.5 Å². The minimum atomic E-state index is 0.187. The molecule has 3 heterocycles. The molecule has 2 aromatic heterocycles. The molecule has 32 heavy (non-hydrogen) atoms. The lowest BCUT2D eigenvalue weighted by Gasteiger charge is -2.29. The second-order valence-electron chi connectivity index (χ2n) is 8.14. The molecule has 0 saturated carbocycles. The van der Waals surface area contributed by atoms with Crippen molar-refractivity contribution in [3.8, 4) is 34.2 Å². The van der Waals surface area contributed by atoms with Gasteiger partial charge in [-0.1, -0.05) is 12.1 Å². The van der Waals surface area contributed by atoms with Crippen molar-refractivity contribution >= 4 is 16.7 Å². The molecule has 0 amide bonds. The van der Waals surface area contributed by atoms with Crippen molar-refractivity contribution in [1.29, 1.82) is 5.26 Å². The first-order chi connectivity index (χ1) is 15.6. The van der Waals surface area contributed by atoms with E-state index in [1.54, 1.807) is 18.2 Å². The summed E-state index contributed by atoms with van der Waals surface area (Å²) >= 11 is 0. The van der Waals surface area contributed by atoms with Crippen LogP contribution in [0.4, 0.5) is 5.69 Å². The van der Waals surface area contributed by atoms with Crippen LogP contribution >= 0.6 is 0 Å². The molecule has 7 nitrogen and oxygen atoms in total. The summed E-state index contributed by atoms with van der Waals surface area (Å²) in [6.07, 6.45) is 0. The van der Waals surface area contributed by atoms with Crippen LogP contribution in [0.1, 0.15) is 16.8 Å². The number of phenolic OH excluding ortho intramolecular Hbond substituents is 1. The van der Waals surface area contributed by atoms with E-state index < -0.39 is 0 Å². The highest BCUT2D eigenvalue weighted by Crippen LogP contribution is 2.39. The third-order valence-corrected chi connectivity index (χ3v) is 6.10. The van der Waals surface area contributed by atoms with Crippen molar-refractivity contribution in [3.63, 3.8) is 0 Å². The van der Waals surface area contributed by atoms with E-state index in [1.807, 2.05) is 13.8 Å². The van der Waals surface area contributed by atoms with E-state index in [1.165, 1.54) is 5.69 Å². The highest BCUT2D eigenvalue weighted by Gasteiger charge is 2.22. The number of aromatic nitrogens is 3. The van der Waals surface area contributed by atoms with Crippen molar-refractivity contribution in [2.45, 2.75) is 13.8 Å². The fourth-order valence-electron chi connectivity index (χ4n) is 4.48. The number of nitrogens with zero attached hydrogens (tertiary/aromatic N) is 4. The number of aromatic hydroxyl groups is 1. The van der Waals surface area contributed by atoms with E-state index >= 15 is 0 Å². The van der Waals surface area contributed by atoms with Gasteiger partial charge in [-0.25, -0.2) is 4.98 Å². The third-order valence-electron chi connectivity index (χ3n) is 6.10. The van der Waals surface area contributed by atoms with Crippen LogP contribution in [0.3, 0.4) is 0 Å². The van der Waals surface area contributed by atoms with Gasteiger partial charge < -0.3 is 15.3 Å². The second-order valence-corrected chi connectivity index (χ2v) is 8.14. The summed E-state index contributed by atoms with van der Waals surface area (Å²) in [5.74, 6) is 0.187. The van der Waals surface area contributed by atoms with Crippen molar-refractivity contribution in [2.24, 2.45) is 0 Å². The molecule has 1 saturated heterocycles. The second kappa shape index (κ2) is 7.98.